The molecule has 0 unspecified atom stereocenters. The van der Waals surface area contributed by atoms with E-state index in [9.17, 15) is 18.0 Å². The third kappa shape index (κ3) is 4.58. The lowest BCUT2D eigenvalue weighted by Crippen LogP contribution is -2.24. The van der Waals surface area contributed by atoms with Gasteiger partial charge in [-0.2, -0.15) is 23.3 Å². The SMILES string of the molecule is CC(C)(C)n1cc(C(=O)NCc2nc(-c3cc4c(Br)csc4n3CC(F)(F)F)no2)cn1. The monoisotopic (exact) mass is 530 g/mol. The average molecular weight is 531 g/mol. The van der Waals surface area contributed by atoms with E-state index in [1.165, 1.54) is 17.5 Å². The first kappa shape index (κ1) is 22.5. The summed E-state index contributed by atoms with van der Waals surface area (Å²) in [4.78, 5) is 17.0. The Labute approximate surface area is 192 Å². The van der Waals surface area contributed by atoms with E-state index >= 15 is 0 Å². The van der Waals surface area contributed by atoms with Gasteiger partial charge in [-0.25, -0.2) is 0 Å². The van der Waals surface area contributed by atoms with Gasteiger partial charge in [0.15, 0.2) is 0 Å². The Hall–Kier alpha value is -2.67. The molecule has 4 heterocycles. The van der Waals surface area contributed by atoms with Crippen LogP contribution in [0.2, 0.25) is 0 Å². The molecule has 0 saturated heterocycles. The van der Waals surface area contributed by atoms with Crippen molar-refractivity contribution in [2.45, 2.75) is 45.6 Å². The van der Waals surface area contributed by atoms with Crippen LogP contribution in [0.25, 0.3) is 21.7 Å². The fourth-order valence-corrected chi connectivity index (χ4v) is 4.66. The van der Waals surface area contributed by atoms with Crippen LogP contribution in [-0.4, -0.2) is 36.6 Å². The summed E-state index contributed by atoms with van der Waals surface area (Å²) in [5.41, 5.74) is 0.273. The molecule has 0 bridgehead atoms. The minimum Gasteiger partial charge on any atom is -0.343 e. The maximum atomic E-state index is 13.2. The van der Waals surface area contributed by atoms with Crippen molar-refractivity contribution >= 4 is 43.4 Å². The number of halogens is 4. The number of amides is 1. The molecule has 13 heteroatoms. The maximum Gasteiger partial charge on any atom is 0.406 e. The third-order valence-electron chi connectivity index (χ3n) is 4.55. The second kappa shape index (κ2) is 8.03. The van der Waals surface area contributed by atoms with Crippen molar-refractivity contribution in [2.75, 3.05) is 0 Å². The molecule has 0 aliphatic carbocycles. The molecule has 1 amide bonds. The Kier molecular flexibility index (Phi) is 5.65. The fraction of sp³-hybridized carbons (Fsp3) is 0.368. The summed E-state index contributed by atoms with van der Waals surface area (Å²) < 4.78 is 48.1. The average Bonchev–Trinajstić information content (AvgIpc) is 3.44. The van der Waals surface area contributed by atoms with Crippen LogP contribution < -0.4 is 5.32 Å². The first-order chi connectivity index (χ1) is 14.9. The quantitative estimate of drug-likeness (QED) is 0.393. The van der Waals surface area contributed by atoms with E-state index in [1.54, 1.807) is 22.3 Å². The molecule has 170 valence electrons. The van der Waals surface area contributed by atoms with E-state index in [-0.39, 0.29) is 35.4 Å². The van der Waals surface area contributed by atoms with E-state index in [0.29, 0.717) is 20.3 Å². The van der Waals surface area contributed by atoms with Crippen LogP contribution in [0.3, 0.4) is 0 Å². The summed E-state index contributed by atoms with van der Waals surface area (Å²) in [6, 6.07) is 1.58. The largest absolute Gasteiger partial charge is 0.406 e. The van der Waals surface area contributed by atoms with Crippen LogP contribution in [0.4, 0.5) is 13.2 Å². The molecular formula is C19H18BrF3N6O2S. The Morgan fingerprint density at radius 2 is 2.06 bits per heavy atom. The van der Waals surface area contributed by atoms with Crippen LogP contribution in [0.5, 0.6) is 0 Å². The number of carbonyl (C=O) groups excluding carboxylic acids is 1. The van der Waals surface area contributed by atoms with Gasteiger partial charge in [0.25, 0.3) is 5.91 Å². The van der Waals surface area contributed by atoms with Gasteiger partial charge in [0.05, 0.1) is 29.5 Å². The highest BCUT2D eigenvalue weighted by Gasteiger charge is 2.31. The number of nitrogens with one attached hydrogen (secondary N) is 1. The van der Waals surface area contributed by atoms with Crippen LogP contribution in [0, 0.1) is 0 Å². The molecule has 0 aromatic carbocycles. The molecule has 0 radical (unpaired) electrons. The van der Waals surface area contributed by atoms with Crippen molar-refractivity contribution in [3.8, 4) is 11.5 Å². The summed E-state index contributed by atoms with van der Waals surface area (Å²) >= 11 is 4.53. The highest BCUT2D eigenvalue weighted by molar-refractivity contribution is 9.10. The van der Waals surface area contributed by atoms with Gasteiger partial charge in [-0.3, -0.25) is 9.48 Å². The number of hydrogen-bond donors (Lipinski definition) is 1. The zero-order valence-electron chi connectivity index (χ0n) is 17.2. The molecule has 8 nitrogen and oxygen atoms in total. The maximum absolute atomic E-state index is 13.2. The third-order valence-corrected chi connectivity index (χ3v) is 6.52. The van der Waals surface area contributed by atoms with Gasteiger partial charge in [0.2, 0.25) is 11.7 Å². The summed E-state index contributed by atoms with van der Waals surface area (Å²) in [7, 11) is 0. The Bertz CT molecular complexity index is 1280. The minimum absolute atomic E-state index is 0.00866. The van der Waals surface area contributed by atoms with E-state index < -0.39 is 12.7 Å². The number of aromatic nitrogens is 5. The minimum atomic E-state index is -4.42. The number of alkyl halides is 3. The molecule has 4 aromatic rings. The Morgan fingerprint density at radius 1 is 1.31 bits per heavy atom. The van der Waals surface area contributed by atoms with E-state index in [0.717, 1.165) is 4.57 Å². The second-order valence-electron chi connectivity index (χ2n) is 8.07. The topological polar surface area (TPSA) is 90.8 Å². The smallest absolute Gasteiger partial charge is 0.343 e. The van der Waals surface area contributed by atoms with E-state index in [2.05, 4.69) is 36.5 Å². The Balaban J connectivity index is 1.53. The molecule has 4 rings (SSSR count). The molecule has 0 saturated carbocycles. The molecule has 32 heavy (non-hydrogen) atoms. The molecular weight excluding hydrogens is 513 g/mol. The normalized spacial score (nSPS) is 12.6. The van der Waals surface area contributed by atoms with Gasteiger partial charge in [-0.05, 0) is 42.8 Å². The van der Waals surface area contributed by atoms with Gasteiger partial charge in [-0.15, -0.1) is 11.3 Å². The van der Waals surface area contributed by atoms with Crippen LogP contribution >= 0.6 is 27.3 Å². The number of rotatable bonds is 5. The van der Waals surface area contributed by atoms with Gasteiger partial charge in [-0.1, -0.05) is 5.16 Å². The van der Waals surface area contributed by atoms with Crippen LogP contribution in [-0.2, 0) is 18.6 Å². The zero-order chi connectivity index (χ0) is 23.3. The van der Waals surface area contributed by atoms with Crippen LogP contribution in [0.15, 0.2) is 32.8 Å². The number of nitrogens with zero attached hydrogens (tertiary/aromatic N) is 5. The first-order valence-corrected chi connectivity index (χ1v) is 11.1. The fourth-order valence-electron chi connectivity index (χ4n) is 3.02. The van der Waals surface area contributed by atoms with Crippen molar-refractivity contribution in [2.24, 2.45) is 0 Å². The standard InChI is InChI=1S/C19H18BrF3N6O2S/c1-18(2,3)29-7-10(5-25-29)16(30)24-6-14-26-15(27-31-14)13-4-11-12(20)8-32-17(11)28(13)9-19(21,22)23/h4-5,7-8H,6,9H2,1-3H3,(H,24,30). The summed E-state index contributed by atoms with van der Waals surface area (Å²) in [5.74, 6) is -0.307. The summed E-state index contributed by atoms with van der Waals surface area (Å²) in [6.45, 7) is 4.61. The van der Waals surface area contributed by atoms with E-state index in [1.807, 2.05) is 20.8 Å². The molecule has 0 fully saturated rings. The molecule has 1 N–H and O–H groups in total. The van der Waals surface area contributed by atoms with Crippen LogP contribution in [0.1, 0.15) is 37.0 Å². The second-order valence-corrected chi connectivity index (χ2v) is 9.78. The first-order valence-electron chi connectivity index (χ1n) is 9.41. The molecule has 4 aromatic heterocycles. The predicted molar refractivity (Wildman–Crippen MR) is 115 cm³/mol. The Morgan fingerprint density at radius 3 is 2.72 bits per heavy atom. The number of thiophene rings is 1. The van der Waals surface area contributed by atoms with Gasteiger partial charge in [0, 0.05) is 21.4 Å². The van der Waals surface area contributed by atoms with Gasteiger partial charge < -0.3 is 14.4 Å². The van der Waals surface area contributed by atoms with Crippen molar-refractivity contribution in [1.29, 1.82) is 0 Å². The van der Waals surface area contributed by atoms with Gasteiger partial charge >= 0.3 is 6.18 Å². The zero-order valence-corrected chi connectivity index (χ0v) is 19.6. The lowest BCUT2D eigenvalue weighted by Gasteiger charge is -2.18. The van der Waals surface area contributed by atoms with Crippen molar-refractivity contribution in [3.63, 3.8) is 0 Å². The molecule has 0 atom stereocenters. The number of fused-ring (bicyclic) bond motifs is 1. The van der Waals surface area contributed by atoms with Crippen molar-refractivity contribution in [3.05, 3.63) is 39.8 Å². The van der Waals surface area contributed by atoms with E-state index in [4.69, 9.17) is 4.52 Å². The molecule has 0 aliphatic rings. The van der Waals surface area contributed by atoms with Crippen molar-refractivity contribution < 1.29 is 22.5 Å². The van der Waals surface area contributed by atoms with Crippen molar-refractivity contribution in [1.82, 2.24) is 29.8 Å². The summed E-state index contributed by atoms with van der Waals surface area (Å²) in [6.07, 6.45) is -1.34. The predicted octanol–water partition coefficient (Wildman–Crippen LogP) is 4.96. The molecule has 0 spiro atoms. The molecule has 0 aliphatic heterocycles. The highest BCUT2D eigenvalue weighted by atomic mass is 79.9. The number of hydrogen-bond acceptors (Lipinski definition) is 6. The highest BCUT2D eigenvalue weighted by Crippen LogP contribution is 2.37. The summed E-state index contributed by atoms with van der Waals surface area (Å²) in [5, 5.41) is 13.0. The lowest BCUT2D eigenvalue weighted by atomic mass is 10.1. The van der Waals surface area contributed by atoms with Gasteiger partial charge in [0.1, 0.15) is 11.4 Å². The lowest BCUT2D eigenvalue weighted by molar-refractivity contribution is -0.139. The number of carbonyl (C=O) groups is 1.